The summed E-state index contributed by atoms with van der Waals surface area (Å²) in [7, 11) is 0. The third kappa shape index (κ3) is 3.72. The van der Waals surface area contributed by atoms with Crippen LogP contribution in [0, 0.1) is 0 Å². The van der Waals surface area contributed by atoms with Gasteiger partial charge in [-0.25, -0.2) is 4.79 Å². The van der Waals surface area contributed by atoms with Crippen molar-refractivity contribution in [2.24, 2.45) is 0 Å². The number of esters is 1. The first-order chi connectivity index (χ1) is 11.8. The van der Waals surface area contributed by atoms with E-state index in [1.807, 2.05) is 79.7 Å². The Kier molecular flexibility index (Phi) is 5.07. The molecule has 0 aliphatic heterocycles. The number of hydrogen-bond donors (Lipinski definition) is 0. The van der Waals surface area contributed by atoms with Crippen LogP contribution in [0.4, 0.5) is 0 Å². The number of carbonyl (C=O) groups excluding carboxylic acids is 1. The molecule has 3 aromatic carbocycles. The molecular weight excluding hydrogens is 296 g/mol. The largest absolute Gasteiger partial charge is 0.454 e. The van der Waals surface area contributed by atoms with E-state index in [1.54, 1.807) is 0 Å². The second-order valence-electron chi connectivity index (χ2n) is 5.66. The molecule has 0 spiro atoms. The molecule has 120 valence electrons. The Morgan fingerprint density at radius 1 is 0.792 bits per heavy atom. The van der Waals surface area contributed by atoms with E-state index in [0.717, 1.165) is 23.1 Å². The first-order valence-electron chi connectivity index (χ1n) is 8.19. The molecule has 1 atom stereocenters. The molecule has 2 heteroatoms. The van der Waals surface area contributed by atoms with Crippen molar-refractivity contribution in [2.75, 3.05) is 0 Å². The molecule has 0 N–H and O–H groups in total. The Bertz CT molecular complexity index is 777. The van der Waals surface area contributed by atoms with E-state index in [4.69, 9.17) is 4.74 Å². The Labute approximate surface area is 142 Å². The van der Waals surface area contributed by atoms with Crippen molar-refractivity contribution in [3.63, 3.8) is 0 Å². The summed E-state index contributed by atoms with van der Waals surface area (Å²) in [4.78, 5) is 12.4. The molecule has 3 aromatic rings. The molecule has 0 radical (unpaired) electrons. The van der Waals surface area contributed by atoms with Crippen LogP contribution in [0.3, 0.4) is 0 Å². The zero-order valence-corrected chi connectivity index (χ0v) is 13.7. The predicted octanol–water partition coefficient (Wildman–Crippen LogP) is 5.66. The van der Waals surface area contributed by atoms with Gasteiger partial charge in [-0.3, -0.25) is 0 Å². The third-order valence-electron chi connectivity index (χ3n) is 4.02. The lowest BCUT2D eigenvalue weighted by Crippen LogP contribution is -2.11. The minimum atomic E-state index is -0.287. The van der Waals surface area contributed by atoms with Gasteiger partial charge in [-0.15, -0.1) is 0 Å². The molecule has 0 aromatic heterocycles. The van der Waals surface area contributed by atoms with Crippen molar-refractivity contribution in [3.05, 3.63) is 96.1 Å². The van der Waals surface area contributed by atoms with E-state index in [9.17, 15) is 4.79 Å². The summed E-state index contributed by atoms with van der Waals surface area (Å²) in [6, 6.07) is 27.5. The van der Waals surface area contributed by atoms with Gasteiger partial charge in [-0.2, -0.15) is 0 Å². The van der Waals surface area contributed by atoms with Crippen LogP contribution in [-0.4, -0.2) is 5.97 Å². The quantitative estimate of drug-likeness (QED) is 0.568. The summed E-state index contributed by atoms with van der Waals surface area (Å²) in [5, 5.41) is 0. The number of carbonyl (C=O) groups is 1. The highest BCUT2D eigenvalue weighted by molar-refractivity contribution is 5.90. The molecule has 1 unspecified atom stereocenters. The van der Waals surface area contributed by atoms with Gasteiger partial charge in [-0.1, -0.05) is 79.7 Å². The van der Waals surface area contributed by atoms with Crippen molar-refractivity contribution in [3.8, 4) is 11.1 Å². The van der Waals surface area contributed by atoms with Gasteiger partial charge in [0.05, 0.1) is 5.56 Å². The lowest BCUT2D eigenvalue weighted by Gasteiger charge is -2.16. The molecule has 3 rings (SSSR count). The monoisotopic (exact) mass is 316 g/mol. The van der Waals surface area contributed by atoms with Crippen molar-refractivity contribution < 1.29 is 9.53 Å². The van der Waals surface area contributed by atoms with Gasteiger partial charge < -0.3 is 4.74 Å². The van der Waals surface area contributed by atoms with Crippen LogP contribution in [0.1, 0.15) is 35.4 Å². The average molecular weight is 316 g/mol. The fraction of sp³-hybridized carbons (Fsp3) is 0.136. The zero-order valence-electron chi connectivity index (χ0n) is 13.7. The summed E-state index contributed by atoms with van der Waals surface area (Å²) in [6.45, 7) is 2.02. The van der Waals surface area contributed by atoms with Gasteiger partial charge in [0.25, 0.3) is 0 Å². The van der Waals surface area contributed by atoms with Crippen molar-refractivity contribution in [2.45, 2.75) is 19.4 Å². The van der Waals surface area contributed by atoms with Crippen LogP contribution in [0.15, 0.2) is 84.9 Å². The molecule has 2 nitrogen and oxygen atoms in total. The molecule has 0 aliphatic carbocycles. The van der Waals surface area contributed by atoms with Gasteiger partial charge in [0.15, 0.2) is 0 Å². The second kappa shape index (κ2) is 7.60. The van der Waals surface area contributed by atoms with E-state index in [2.05, 4.69) is 12.1 Å². The number of rotatable bonds is 5. The summed E-state index contributed by atoms with van der Waals surface area (Å²) in [5.41, 5.74) is 3.81. The highest BCUT2D eigenvalue weighted by Crippen LogP contribution is 2.24. The van der Waals surface area contributed by atoms with Crippen LogP contribution in [0.5, 0.6) is 0 Å². The van der Waals surface area contributed by atoms with Crippen molar-refractivity contribution in [1.82, 2.24) is 0 Å². The molecule has 0 fully saturated rings. The lowest BCUT2D eigenvalue weighted by molar-refractivity contribution is 0.0288. The number of benzene rings is 3. The maximum Gasteiger partial charge on any atom is 0.338 e. The molecule has 0 amide bonds. The molecule has 0 saturated heterocycles. The summed E-state index contributed by atoms with van der Waals surface area (Å²) < 4.78 is 5.68. The Morgan fingerprint density at radius 2 is 1.33 bits per heavy atom. The highest BCUT2D eigenvalue weighted by atomic mass is 16.5. The summed E-state index contributed by atoms with van der Waals surface area (Å²) >= 11 is 0. The average Bonchev–Trinajstić information content (AvgIpc) is 2.67. The maximum atomic E-state index is 12.4. The Balaban J connectivity index is 1.73. The molecule has 0 saturated carbocycles. The van der Waals surface area contributed by atoms with E-state index in [-0.39, 0.29) is 12.1 Å². The molecule has 0 aliphatic rings. The van der Waals surface area contributed by atoms with Gasteiger partial charge in [0.2, 0.25) is 0 Å². The number of hydrogen-bond acceptors (Lipinski definition) is 2. The SMILES string of the molecule is CCC(OC(=O)c1ccc(-c2ccccc2)cc1)c1ccccc1. The first-order valence-corrected chi connectivity index (χ1v) is 8.19. The summed E-state index contributed by atoms with van der Waals surface area (Å²) in [5.74, 6) is -0.287. The van der Waals surface area contributed by atoms with Crippen molar-refractivity contribution in [1.29, 1.82) is 0 Å². The van der Waals surface area contributed by atoms with Crippen molar-refractivity contribution >= 4 is 5.97 Å². The fourth-order valence-electron chi connectivity index (χ4n) is 2.68. The minimum Gasteiger partial charge on any atom is -0.454 e. The molecule has 0 bridgehead atoms. The van der Waals surface area contributed by atoms with Crippen LogP contribution in [0.2, 0.25) is 0 Å². The van der Waals surface area contributed by atoms with Gasteiger partial charge in [-0.05, 0) is 35.2 Å². The smallest absolute Gasteiger partial charge is 0.338 e. The van der Waals surface area contributed by atoms with E-state index in [1.165, 1.54) is 0 Å². The van der Waals surface area contributed by atoms with Crippen LogP contribution < -0.4 is 0 Å². The van der Waals surface area contributed by atoms with Gasteiger partial charge in [0, 0.05) is 0 Å². The van der Waals surface area contributed by atoms with E-state index >= 15 is 0 Å². The van der Waals surface area contributed by atoms with E-state index < -0.39 is 0 Å². The second-order valence-corrected chi connectivity index (χ2v) is 5.66. The predicted molar refractivity (Wildman–Crippen MR) is 96.8 cm³/mol. The highest BCUT2D eigenvalue weighted by Gasteiger charge is 2.16. The first kappa shape index (κ1) is 16.0. The topological polar surface area (TPSA) is 26.3 Å². The standard InChI is InChI=1S/C22H20O2/c1-2-21(19-11-7-4-8-12-19)24-22(23)20-15-13-18(14-16-20)17-9-5-3-6-10-17/h3-16,21H,2H2,1H3. The Morgan fingerprint density at radius 3 is 1.92 bits per heavy atom. The number of ether oxygens (including phenoxy) is 1. The lowest BCUT2D eigenvalue weighted by atomic mass is 10.0. The molecule has 0 heterocycles. The fourth-order valence-corrected chi connectivity index (χ4v) is 2.68. The maximum absolute atomic E-state index is 12.4. The summed E-state index contributed by atoms with van der Waals surface area (Å²) in [6.07, 6.45) is 0.533. The van der Waals surface area contributed by atoms with E-state index in [0.29, 0.717) is 5.56 Å². The van der Waals surface area contributed by atoms with Crippen LogP contribution in [0.25, 0.3) is 11.1 Å². The third-order valence-corrected chi connectivity index (χ3v) is 4.02. The van der Waals surface area contributed by atoms with Crippen LogP contribution in [-0.2, 0) is 4.74 Å². The minimum absolute atomic E-state index is 0.215. The van der Waals surface area contributed by atoms with Gasteiger partial charge in [0.1, 0.15) is 6.10 Å². The normalized spacial score (nSPS) is 11.7. The zero-order chi connectivity index (χ0) is 16.8. The van der Waals surface area contributed by atoms with Gasteiger partial charge >= 0.3 is 5.97 Å². The molecule has 24 heavy (non-hydrogen) atoms. The Hall–Kier alpha value is -2.87. The van der Waals surface area contributed by atoms with Crippen LogP contribution >= 0.6 is 0 Å². The molecular formula is C22H20O2.